The number of H-pyrrole nitrogens is 1. The summed E-state index contributed by atoms with van der Waals surface area (Å²) >= 11 is 0. The molecule has 1 atom stereocenters. The van der Waals surface area contributed by atoms with E-state index in [0.29, 0.717) is 5.69 Å². The molecule has 0 saturated heterocycles. The molecular weight excluding hydrogens is 222 g/mol. The average Bonchev–Trinajstić information content (AvgIpc) is 2.76. The van der Waals surface area contributed by atoms with Crippen molar-refractivity contribution in [3.05, 3.63) is 24.4 Å². The summed E-state index contributed by atoms with van der Waals surface area (Å²) in [7, 11) is 0. The summed E-state index contributed by atoms with van der Waals surface area (Å²) < 4.78 is 0. The van der Waals surface area contributed by atoms with E-state index in [1.165, 1.54) is 6.92 Å². The Kier molecular flexibility index (Phi) is 2.78. The number of rotatable bonds is 3. The van der Waals surface area contributed by atoms with E-state index in [1.54, 1.807) is 18.3 Å². The molecule has 0 saturated carbocycles. The maximum Gasteiger partial charge on any atom is 0.315 e. The molecule has 1 unspecified atom stereocenters. The molecule has 2 aromatic rings. The molecule has 0 fully saturated rings. The number of nitrogens with one attached hydrogen (secondary N) is 2. The van der Waals surface area contributed by atoms with Crippen LogP contribution in [-0.2, 0) is 9.59 Å². The van der Waals surface area contributed by atoms with Gasteiger partial charge in [-0.3, -0.25) is 14.7 Å². The topological polar surface area (TPSA) is 95.1 Å². The van der Waals surface area contributed by atoms with Crippen LogP contribution in [0.2, 0.25) is 0 Å². The molecule has 0 spiro atoms. The van der Waals surface area contributed by atoms with Crippen LogP contribution in [0, 0.1) is 5.92 Å². The summed E-state index contributed by atoms with van der Waals surface area (Å²) in [5.41, 5.74) is 1.33. The van der Waals surface area contributed by atoms with Crippen molar-refractivity contribution >= 4 is 28.5 Å². The molecule has 17 heavy (non-hydrogen) atoms. The first-order chi connectivity index (χ1) is 8.09. The van der Waals surface area contributed by atoms with Gasteiger partial charge < -0.3 is 10.4 Å². The lowest BCUT2D eigenvalue weighted by atomic mass is 10.1. The molecule has 6 heteroatoms. The Hall–Kier alpha value is -2.37. The van der Waals surface area contributed by atoms with Gasteiger partial charge in [-0.1, -0.05) is 6.07 Å². The summed E-state index contributed by atoms with van der Waals surface area (Å²) in [4.78, 5) is 22.3. The van der Waals surface area contributed by atoms with Gasteiger partial charge in [-0.05, 0) is 19.1 Å². The Bertz CT molecular complexity index is 576. The number of amides is 1. The molecule has 3 N–H and O–H groups in total. The fourth-order valence-electron chi connectivity index (χ4n) is 1.43. The molecule has 88 valence electrons. The third-order valence-corrected chi connectivity index (χ3v) is 2.51. The van der Waals surface area contributed by atoms with E-state index in [4.69, 9.17) is 5.11 Å². The largest absolute Gasteiger partial charge is 0.481 e. The second kappa shape index (κ2) is 4.25. The molecule has 2 rings (SSSR count). The Morgan fingerprint density at radius 1 is 1.47 bits per heavy atom. The van der Waals surface area contributed by atoms with Gasteiger partial charge >= 0.3 is 5.97 Å². The lowest BCUT2D eigenvalue weighted by Gasteiger charge is -2.08. The predicted octanol–water partition coefficient (Wildman–Crippen LogP) is 1.22. The van der Waals surface area contributed by atoms with Crippen molar-refractivity contribution in [2.24, 2.45) is 5.92 Å². The van der Waals surface area contributed by atoms with Gasteiger partial charge in [0, 0.05) is 5.39 Å². The first kappa shape index (κ1) is 11.1. The van der Waals surface area contributed by atoms with E-state index in [9.17, 15) is 9.59 Å². The number of carbonyl (C=O) groups is 2. The molecule has 0 bridgehead atoms. The number of nitrogens with zero attached hydrogens (tertiary/aromatic N) is 1. The van der Waals surface area contributed by atoms with Gasteiger partial charge in [-0.2, -0.15) is 5.10 Å². The third kappa shape index (κ3) is 2.10. The van der Waals surface area contributed by atoms with Crippen LogP contribution in [0.25, 0.3) is 10.9 Å². The number of carbonyl (C=O) groups excluding carboxylic acids is 1. The molecule has 1 aromatic heterocycles. The highest BCUT2D eigenvalue weighted by atomic mass is 16.4. The third-order valence-electron chi connectivity index (χ3n) is 2.51. The van der Waals surface area contributed by atoms with E-state index < -0.39 is 17.8 Å². The highest BCUT2D eigenvalue weighted by molar-refractivity contribution is 6.07. The van der Waals surface area contributed by atoms with Crippen LogP contribution in [-0.4, -0.2) is 27.2 Å². The number of aromatic nitrogens is 2. The Balaban J connectivity index is 2.27. The molecule has 1 aromatic carbocycles. The number of carboxylic acid groups (broad SMARTS) is 1. The van der Waals surface area contributed by atoms with Gasteiger partial charge in [0.2, 0.25) is 5.91 Å². The SMILES string of the molecule is CC(C(=O)O)C(=O)Nc1cccc2[nH]ncc12. The van der Waals surface area contributed by atoms with Crippen molar-refractivity contribution in [1.29, 1.82) is 0 Å². The zero-order valence-corrected chi connectivity index (χ0v) is 9.10. The minimum Gasteiger partial charge on any atom is -0.481 e. The minimum atomic E-state index is -1.15. The van der Waals surface area contributed by atoms with E-state index in [-0.39, 0.29) is 0 Å². The molecule has 0 aliphatic carbocycles. The van der Waals surface area contributed by atoms with Crippen LogP contribution in [0.4, 0.5) is 5.69 Å². The van der Waals surface area contributed by atoms with Gasteiger partial charge in [0.15, 0.2) is 0 Å². The lowest BCUT2D eigenvalue weighted by Crippen LogP contribution is -2.26. The number of hydrogen-bond donors (Lipinski definition) is 3. The summed E-state index contributed by atoms with van der Waals surface area (Å²) in [6.07, 6.45) is 1.58. The van der Waals surface area contributed by atoms with E-state index in [0.717, 1.165) is 10.9 Å². The Morgan fingerprint density at radius 2 is 2.24 bits per heavy atom. The van der Waals surface area contributed by atoms with Crippen LogP contribution >= 0.6 is 0 Å². The number of aliphatic carboxylic acids is 1. The van der Waals surface area contributed by atoms with Crippen molar-refractivity contribution in [2.45, 2.75) is 6.92 Å². The second-order valence-corrected chi connectivity index (χ2v) is 3.69. The number of anilines is 1. The molecule has 1 heterocycles. The maximum atomic E-state index is 11.6. The fraction of sp³-hybridized carbons (Fsp3) is 0.182. The number of aromatic amines is 1. The van der Waals surface area contributed by atoms with Crippen molar-refractivity contribution in [3.8, 4) is 0 Å². The Labute approximate surface area is 96.6 Å². The van der Waals surface area contributed by atoms with Gasteiger partial charge in [-0.25, -0.2) is 0 Å². The average molecular weight is 233 g/mol. The van der Waals surface area contributed by atoms with Gasteiger partial charge in [0.1, 0.15) is 5.92 Å². The zero-order chi connectivity index (χ0) is 12.4. The highest BCUT2D eigenvalue weighted by Gasteiger charge is 2.21. The normalized spacial score (nSPS) is 12.3. The number of benzene rings is 1. The standard InChI is InChI=1S/C11H11N3O3/c1-6(11(16)17)10(15)13-8-3-2-4-9-7(8)5-12-14-9/h2-6H,1H3,(H,12,14)(H,13,15)(H,16,17). The summed E-state index contributed by atoms with van der Waals surface area (Å²) in [6.45, 7) is 1.34. The van der Waals surface area contributed by atoms with Gasteiger partial charge in [0.25, 0.3) is 0 Å². The highest BCUT2D eigenvalue weighted by Crippen LogP contribution is 2.21. The first-order valence-corrected chi connectivity index (χ1v) is 5.05. The van der Waals surface area contributed by atoms with E-state index in [1.807, 2.05) is 6.07 Å². The molecule has 6 nitrogen and oxygen atoms in total. The van der Waals surface area contributed by atoms with Crippen LogP contribution < -0.4 is 5.32 Å². The molecule has 0 aliphatic heterocycles. The van der Waals surface area contributed by atoms with Crippen LogP contribution in [0.5, 0.6) is 0 Å². The fourth-order valence-corrected chi connectivity index (χ4v) is 1.43. The summed E-state index contributed by atoms with van der Waals surface area (Å²) in [6, 6.07) is 5.27. The molecule has 0 radical (unpaired) electrons. The van der Waals surface area contributed by atoms with Crippen LogP contribution in [0.1, 0.15) is 6.92 Å². The number of hydrogen-bond acceptors (Lipinski definition) is 3. The molecular formula is C11H11N3O3. The zero-order valence-electron chi connectivity index (χ0n) is 9.10. The van der Waals surface area contributed by atoms with E-state index >= 15 is 0 Å². The quantitative estimate of drug-likeness (QED) is 0.694. The number of carboxylic acids is 1. The van der Waals surface area contributed by atoms with E-state index in [2.05, 4.69) is 15.5 Å². The van der Waals surface area contributed by atoms with Gasteiger partial charge in [0.05, 0.1) is 17.4 Å². The summed E-state index contributed by atoms with van der Waals surface area (Å²) in [5.74, 6) is -2.79. The van der Waals surface area contributed by atoms with Crippen LogP contribution in [0.15, 0.2) is 24.4 Å². The van der Waals surface area contributed by atoms with Crippen molar-refractivity contribution < 1.29 is 14.7 Å². The van der Waals surface area contributed by atoms with Gasteiger partial charge in [-0.15, -0.1) is 0 Å². The molecule has 1 amide bonds. The molecule has 0 aliphatic rings. The van der Waals surface area contributed by atoms with Crippen molar-refractivity contribution in [2.75, 3.05) is 5.32 Å². The minimum absolute atomic E-state index is 0.550. The van der Waals surface area contributed by atoms with Crippen LogP contribution in [0.3, 0.4) is 0 Å². The first-order valence-electron chi connectivity index (χ1n) is 5.05. The maximum absolute atomic E-state index is 11.6. The Morgan fingerprint density at radius 3 is 2.94 bits per heavy atom. The summed E-state index contributed by atoms with van der Waals surface area (Å²) in [5, 5.41) is 18.7. The van der Waals surface area contributed by atoms with Crippen molar-refractivity contribution in [1.82, 2.24) is 10.2 Å². The number of fused-ring (bicyclic) bond motifs is 1. The second-order valence-electron chi connectivity index (χ2n) is 3.69. The lowest BCUT2D eigenvalue weighted by molar-refractivity contribution is -0.144. The monoisotopic (exact) mass is 233 g/mol. The smallest absolute Gasteiger partial charge is 0.315 e. The van der Waals surface area contributed by atoms with Crippen molar-refractivity contribution in [3.63, 3.8) is 0 Å². The predicted molar refractivity (Wildman–Crippen MR) is 61.5 cm³/mol.